The summed E-state index contributed by atoms with van der Waals surface area (Å²) in [7, 11) is 0. The molecule has 0 radical (unpaired) electrons. The molecule has 0 aromatic carbocycles. The Morgan fingerprint density at radius 2 is 2.25 bits per heavy atom. The van der Waals surface area contributed by atoms with E-state index in [0.717, 1.165) is 6.42 Å². The van der Waals surface area contributed by atoms with Crippen molar-refractivity contribution in [3.8, 4) is 0 Å². The molecule has 0 amide bonds. The lowest BCUT2D eigenvalue weighted by Crippen LogP contribution is -2.31. The van der Waals surface area contributed by atoms with Gasteiger partial charge in [-0.2, -0.15) is 11.8 Å². The van der Waals surface area contributed by atoms with E-state index in [1.54, 1.807) is 0 Å². The van der Waals surface area contributed by atoms with Crippen molar-refractivity contribution in [1.29, 1.82) is 0 Å². The molecule has 0 aromatic rings. The second-order valence-electron chi connectivity index (χ2n) is 3.95. The van der Waals surface area contributed by atoms with Crippen molar-refractivity contribution >= 4 is 11.8 Å². The number of hydrogen-bond donors (Lipinski definition) is 1. The Kier molecular flexibility index (Phi) is 3.24. The van der Waals surface area contributed by atoms with Crippen molar-refractivity contribution in [3.63, 3.8) is 0 Å². The highest BCUT2D eigenvalue weighted by atomic mass is 32.2. The van der Waals surface area contributed by atoms with Crippen LogP contribution in [0.5, 0.6) is 0 Å². The van der Waals surface area contributed by atoms with Gasteiger partial charge in [0.05, 0.1) is 6.10 Å². The third-order valence-corrected chi connectivity index (χ3v) is 3.96. The molecule has 0 aromatic heterocycles. The third-order valence-electron chi connectivity index (χ3n) is 2.37. The van der Waals surface area contributed by atoms with E-state index in [1.807, 2.05) is 31.7 Å². The van der Waals surface area contributed by atoms with E-state index in [0.29, 0.717) is 0 Å². The van der Waals surface area contributed by atoms with Gasteiger partial charge in [0.2, 0.25) is 0 Å². The first kappa shape index (κ1) is 10.1. The van der Waals surface area contributed by atoms with Gasteiger partial charge in [0.15, 0.2) is 0 Å². The highest BCUT2D eigenvalue weighted by molar-refractivity contribution is 8.00. The topological polar surface area (TPSA) is 20.2 Å². The molecule has 1 aliphatic heterocycles. The second-order valence-corrected chi connectivity index (χ2v) is 5.58. The van der Waals surface area contributed by atoms with Crippen molar-refractivity contribution in [3.05, 3.63) is 11.6 Å². The van der Waals surface area contributed by atoms with Crippen LogP contribution < -0.4 is 0 Å². The van der Waals surface area contributed by atoms with Gasteiger partial charge < -0.3 is 5.11 Å². The Balaban J connectivity index is 2.61. The lowest BCUT2D eigenvalue weighted by Gasteiger charge is -2.27. The minimum atomic E-state index is -0.269. The Hall–Kier alpha value is 0.0500. The fourth-order valence-electron chi connectivity index (χ4n) is 1.53. The zero-order valence-electron chi connectivity index (χ0n) is 8.13. The Morgan fingerprint density at radius 3 is 2.67 bits per heavy atom. The van der Waals surface area contributed by atoms with Crippen LogP contribution in [0.25, 0.3) is 0 Å². The maximum absolute atomic E-state index is 9.88. The van der Waals surface area contributed by atoms with Crippen LogP contribution in [0.3, 0.4) is 0 Å². The molecule has 1 heterocycles. The van der Waals surface area contributed by atoms with Crippen LogP contribution >= 0.6 is 11.8 Å². The van der Waals surface area contributed by atoms with E-state index < -0.39 is 0 Å². The van der Waals surface area contributed by atoms with Gasteiger partial charge in [-0.15, -0.1) is 0 Å². The molecule has 2 atom stereocenters. The average Bonchev–Trinajstić information content (AvgIpc) is 2.36. The summed E-state index contributed by atoms with van der Waals surface area (Å²) in [5.41, 5.74) is 1.20. The molecule has 2 unspecified atom stereocenters. The summed E-state index contributed by atoms with van der Waals surface area (Å²) in [5, 5.41) is 9.88. The summed E-state index contributed by atoms with van der Waals surface area (Å²) >= 11 is 1.90. The van der Waals surface area contributed by atoms with Crippen LogP contribution in [0, 0.1) is 0 Å². The normalized spacial score (nSPS) is 31.7. The molecule has 0 aliphatic carbocycles. The monoisotopic (exact) mass is 186 g/mol. The van der Waals surface area contributed by atoms with E-state index in [9.17, 15) is 5.11 Å². The Labute approximate surface area is 79.2 Å². The third kappa shape index (κ3) is 2.27. The number of hydrogen-bond acceptors (Lipinski definition) is 2. The van der Waals surface area contributed by atoms with E-state index >= 15 is 0 Å². The number of aliphatic hydroxyl groups excluding tert-OH is 1. The SMILES string of the molecule is CC(C)=CC(O)C1(C)CCCS1. The summed E-state index contributed by atoms with van der Waals surface area (Å²) in [6.45, 7) is 6.23. The lowest BCUT2D eigenvalue weighted by atomic mass is 9.97. The van der Waals surface area contributed by atoms with Crippen LogP contribution in [0.1, 0.15) is 33.6 Å². The van der Waals surface area contributed by atoms with Gasteiger partial charge in [0.1, 0.15) is 0 Å². The molecule has 1 N–H and O–H groups in total. The molecule has 1 rings (SSSR count). The zero-order chi connectivity index (χ0) is 9.19. The maximum Gasteiger partial charge on any atom is 0.0867 e. The molecule has 0 spiro atoms. The van der Waals surface area contributed by atoms with Crippen molar-refractivity contribution in [1.82, 2.24) is 0 Å². The zero-order valence-corrected chi connectivity index (χ0v) is 8.95. The number of allylic oxidation sites excluding steroid dienone is 1. The van der Waals surface area contributed by atoms with Crippen molar-refractivity contribution in [2.24, 2.45) is 0 Å². The van der Waals surface area contributed by atoms with E-state index in [2.05, 4.69) is 6.92 Å². The highest BCUT2D eigenvalue weighted by Crippen LogP contribution is 2.40. The standard InChI is InChI=1S/C10H18OS/c1-8(2)7-9(11)10(3)5-4-6-12-10/h7,9,11H,4-6H2,1-3H3. The molecular weight excluding hydrogens is 168 g/mol. The summed E-state index contributed by atoms with van der Waals surface area (Å²) in [4.78, 5) is 0. The number of thioether (sulfide) groups is 1. The van der Waals surface area contributed by atoms with Gasteiger partial charge in [0, 0.05) is 4.75 Å². The van der Waals surface area contributed by atoms with Gasteiger partial charge >= 0.3 is 0 Å². The van der Waals surface area contributed by atoms with Gasteiger partial charge in [-0.25, -0.2) is 0 Å². The van der Waals surface area contributed by atoms with Crippen LogP contribution in [0.4, 0.5) is 0 Å². The number of rotatable bonds is 2. The molecule has 1 aliphatic rings. The fraction of sp³-hybridized carbons (Fsp3) is 0.800. The first-order chi connectivity index (χ1) is 5.54. The lowest BCUT2D eigenvalue weighted by molar-refractivity contribution is 0.178. The Morgan fingerprint density at radius 1 is 1.58 bits per heavy atom. The minimum Gasteiger partial charge on any atom is -0.388 e. The van der Waals surface area contributed by atoms with Crippen molar-refractivity contribution < 1.29 is 5.11 Å². The molecule has 70 valence electrons. The summed E-state index contributed by atoms with van der Waals surface area (Å²) in [5.74, 6) is 1.20. The predicted octanol–water partition coefficient (Wildman–Crippen LogP) is 2.60. The van der Waals surface area contributed by atoms with Gasteiger partial charge in [-0.3, -0.25) is 0 Å². The van der Waals surface area contributed by atoms with Crippen LogP contribution in [-0.4, -0.2) is 21.7 Å². The molecule has 1 nitrogen and oxygen atoms in total. The average molecular weight is 186 g/mol. The van der Waals surface area contributed by atoms with Crippen LogP contribution in [0.15, 0.2) is 11.6 Å². The van der Waals surface area contributed by atoms with Gasteiger partial charge in [-0.05, 0) is 39.4 Å². The van der Waals surface area contributed by atoms with Gasteiger partial charge in [0.25, 0.3) is 0 Å². The van der Waals surface area contributed by atoms with Crippen LogP contribution in [0.2, 0.25) is 0 Å². The summed E-state index contributed by atoms with van der Waals surface area (Å²) in [6.07, 6.45) is 4.09. The largest absolute Gasteiger partial charge is 0.388 e. The van der Waals surface area contributed by atoms with Crippen LogP contribution in [-0.2, 0) is 0 Å². The second kappa shape index (κ2) is 3.84. The summed E-state index contributed by atoms with van der Waals surface area (Å²) < 4.78 is 0.0806. The summed E-state index contributed by atoms with van der Waals surface area (Å²) in [6, 6.07) is 0. The highest BCUT2D eigenvalue weighted by Gasteiger charge is 2.35. The molecular formula is C10H18OS. The quantitative estimate of drug-likeness (QED) is 0.669. The molecule has 12 heavy (non-hydrogen) atoms. The molecule has 0 saturated carbocycles. The fourth-order valence-corrected chi connectivity index (χ4v) is 2.81. The van der Waals surface area contributed by atoms with Crippen molar-refractivity contribution in [2.75, 3.05) is 5.75 Å². The Bertz CT molecular complexity index is 176. The van der Waals surface area contributed by atoms with E-state index in [-0.39, 0.29) is 10.9 Å². The molecule has 0 bridgehead atoms. The number of aliphatic hydroxyl groups is 1. The molecule has 2 heteroatoms. The van der Waals surface area contributed by atoms with E-state index in [4.69, 9.17) is 0 Å². The predicted molar refractivity (Wildman–Crippen MR) is 55.5 cm³/mol. The smallest absolute Gasteiger partial charge is 0.0867 e. The van der Waals surface area contributed by atoms with Crippen molar-refractivity contribution in [2.45, 2.75) is 44.5 Å². The minimum absolute atomic E-state index is 0.0806. The molecule has 1 fully saturated rings. The van der Waals surface area contributed by atoms with Gasteiger partial charge in [-0.1, -0.05) is 11.6 Å². The first-order valence-electron chi connectivity index (χ1n) is 4.52. The maximum atomic E-state index is 9.88. The molecule has 1 saturated heterocycles. The van der Waals surface area contributed by atoms with E-state index in [1.165, 1.54) is 17.7 Å². The first-order valence-corrected chi connectivity index (χ1v) is 5.50.